The summed E-state index contributed by atoms with van der Waals surface area (Å²) in [4.78, 5) is 0. The van der Waals surface area contributed by atoms with Gasteiger partial charge in [-0.15, -0.1) is 0 Å². The maximum atomic E-state index is 13.9. The van der Waals surface area contributed by atoms with Crippen LogP contribution in [-0.2, 0) is 4.74 Å². The molecule has 1 aromatic rings. The minimum Gasteiger partial charge on any atom is -0.375 e. The zero-order chi connectivity index (χ0) is 15.8. The fourth-order valence-electron chi connectivity index (χ4n) is 1.86. The Morgan fingerprint density at radius 1 is 1.24 bits per heavy atom. The second-order valence-corrected chi connectivity index (χ2v) is 5.40. The maximum Gasteiger partial charge on any atom is 0.261 e. The van der Waals surface area contributed by atoms with Crippen molar-refractivity contribution in [3.05, 3.63) is 33.8 Å². The molecule has 2 nitrogen and oxygen atoms in total. The predicted octanol–water partition coefficient (Wildman–Crippen LogP) is 4.44. The molecule has 0 aliphatic rings. The Kier molecular flexibility index (Phi) is 8.21. The minimum atomic E-state index is -2.53. The van der Waals surface area contributed by atoms with Crippen molar-refractivity contribution in [3.8, 4) is 0 Å². The highest BCUT2D eigenvalue weighted by Gasteiger charge is 2.18. The van der Waals surface area contributed by atoms with Crippen molar-refractivity contribution >= 4 is 15.9 Å². The van der Waals surface area contributed by atoms with Crippen LogP contribution in [0.1, 0.15) is 31.4 Å². The number of halogens is 5. The van der Waals surface area contributed by atoms with Gasteiger partial charge >= 0.3 is 0 Å². The molecule has 1 rings (SSSR count). The van der Waals surface area contributed by atoms with E-state index in [9.17, 15) is 17.6 Å². The lowest BCUT2D eigenvalue weighted by molar-refractivity contribution is 0.0143. The summed E-state index contributed by atoms with van der Waals surface area (Å²) in [6, 6.07) is 1.69. The third-order valence-corrected chi connectivity index (χ3v) is 3.46. The number of rotatable bonds is 9. The normalized spacial score (nSPS) is 12.9. The summed E-state index contributed by atoms with van der Waals surface area (Å²) < 4.78 is 56.3. The molecule has 0 heterocycles. The average molecular weight is 372 g/mol. The van der Waals surface area contributed by atoms with Crippen molar-refractivity contribution in [2.24, 2.45) is 0 Å². The van der Waals surface area contributed by atoms with E-state index in [0.29, 0.717) is 6.54 Å². The van der Waals surface area contributed by atoms with E-state index in [-0.39, 0.29) is 23.1 Å². The molecule has 0 aliphatic heterocycles. The lowest BCUT2D eigenvalue weighted by Crippen LogP contribution is -2.25. The molecular formula is C14H18BrF4NO. The highest BCUT2D eigenvalue weighted by Crippen LogP contribution is 2.26. The van der Waals surface area contributed by atoms with Crippen LogP contribution in [0.3, 0.4) is 0 Å². The maximum absolute atomic E-state index is 13.9. The SMILES string of the molecule is CCCNC(CCOCC(F)F)c1cc(F)c(Br)cc1F. The number of hydrogen-bond donors (Lipinski definition) is 1. The van der Waals surface area contributed by atoms with Crippen molar-refractivity contribution in [1.29, 1.82) is 0 Å². The number of alkyl halides is 2. The molecule has 0 spiro atoms. The van der Waals surface area contributed by atoms with Gasteiger partial charge in [-0.25, -0.2) is 17.6 Å². The number of hydrogen-bond acceptors (Lipinski definition) is 2. The third kappa shape index (κ3) is 6.32. The quantitative estimate of drug-likeness (QED) is 0.393. The van der Waals surface area contributed by atoms with E-state index in [1.54, 1.807) is 0 Å². The van der Waals surface area contributed by atoms with Crippen LogP contribution in [-0.4, -0.2) is 26.2 Å². The first-order chi connectivity index (χ1) is 9.95. The fraction of sp³-hybridized carbons (Fsp3) is 0.571. The van der Waals surface area contributed by atoms with E-state index >= 15 is 0 Å². The van der Waals surface area contributed by atoms with Gasteiger partial charge in [-0.2, -0.15) is 0 Å². The lowest BCUT2D eigenvalue weighted by Gasteiger charge is -2.20. The van der Waals surface area contributed by atoms with Crippen LogP contribution in [0.5, 0.6) is 0 Å². The molecule has 0 amide bonds. The van der Waals surface area contributed by atoms with E-state index in [2.05, 4.69) is 21.2 Å². The van der Waals surface area contributed by atoms with Gasteiger partial charge in [0.2, 0.25) is 0 Å². The molecule has 21 heavy (non-hydrogen) atoms. The first-order valence-electron chi connectivity index (χ1n) is 6.69. The number of ether oxygens (including phenoxy) is 1. The summed E-state index contributed by atoms with van der Waals surface area (Å²) in [6.07, 6.45) is -1.44. The molecule has 1 N–H and O–H groups in total. The van der Waals surface area contributed by atoms with Crippen LogP contribution in [0, 0.1) is 11.6 Å². The second kappa shape index (κ2) is 9.38. The molecule has 1 unspecified atom stereocenters. The molecule has 0 aromatic heterocycles. The Balaban J connectivity index is 2.74. The highest BCUT2D eigenvalue weighted by atomic mass is 79.9. The number of nitrogens with one attached hydrogen (secondary N) is 1. The molecule has 0 saturated carbocycles. The molecule has 1 aromatic carbocycles. The fourth-order valence-corrected chi connectivity index (χ4v) is 2.18. The van der Waals surface area contributed by atoms with E-state index < -0.39 is 30.7 Å². The van der Waals surface area contributed by atoms with Gasteiger partial charge in [-0.1, -0.05) is 6.92 Å². The smallest absolute Gasteiger partial charge is 0.261 e. The van der Waals surface area contributed by atoms with Gasteiger partial charge in [0, 0.05) is 18.2 Å². The van der Waals surface area contributed by atoms with E-state index in [1.807, 2.05) is 6.92 Å². The molecule has 0 bridgehead atoms. The van der Waals surface area contributed by atoms with Crippen LogP contribution in [0.15, 0.2) is 16.6 Å². The van der Waals surface area contributed by atoms with Gasteiger partial charge < -0.3 is 10.1 Å². The van der Waals surface area contributed by atoms with Gasteiger partial charge in [0.05, 0.1) is 4.47 Å². The largest absolute Gasteiger partial charge is 0.375 e. The van der Waals surface area contributed by atoms with Crippen LogP contribution in [0.4, 0.5) is 17.6 Å². The predicted molar refractivity (Wildman–Crippen MR) is 76.5 cm³/mol. The molecule has 120 valence electrons. The first kappa shape index (κ1) is 18.4. The van der Waals surface area contributed by atoms with E-state index in [4.69, 9.17) is 4.74 Å². The van der Waals surface area contributed by atoms with Gasteiger partial charge in [0.25, 0.3) is 6.43 Å². The Morgan fingerprint density at radius 3 is 2.57 bits per heavy atom. The summed E-state index contributed by atoms with van der Waals surface area (Å²) in [6.45, 7) is 1.94. The van der Waals surface area contributed by atoms with Crippen LogP contribution < -0.4 is 5.32 Å². The van der Waals surface area contributed by atoms with Gasteiger partial charge in [0.15, 0.2) is 0 Å². The van der Waals surface area contributed by atoms with Crippen molar-refractivity contribution in [1.82, 2.24) is 5.32 Å². The van der Waals surface area contributed by atoms with Gasteiger partial charge in [-0.3, -0.25) is 0 Å². The zero-order valence-corrected chi connectivity index (χ0v) is 13.2. The third-order valence-electron chi connectivity index (χ3n) is 2.85. The van der Waals surface area contributed by atoms with E-state index in [0.717, 1.165) is 18.6 Å². The van der Waals surface area contributed by atoms with Gasteiger partial charge in [-0.05, 0) is 47.4 Å². The molecule has 0 radical (unpaired) electrons. The Bertz CT molecular complexity index is 445. The number of benzene rings is 1. The molecule has 0 aliphatic carbocycles. The lowest BCUT2D eigenvalue weighted by atomic mass is 10.0. The molecule has 0 saturated heterocycles. The topological polar surface area (TPSA) is 21.3 Å². The summed E-state index contributed by atoms with van der Waals surface area (Å²) in [5.74, 6) is -1.12. The molecule has 7 heteroatoms. The zero-order valence-electron chi connectivity index (χ0n) is 11.6. The van der Waals surface area contributed by atoms with Crippen molar-refractivity contribution in [2.45, 2.75) is 32.2 Å². The average Bonchev–Trinajstić information content (AvgIpc) is 2.42. The van der Waals surface area contributed by atoms with E-state index in [1.165, 1.54) is 0 Å². The second-order valence-electron chi connectivity index (χ2n) is 4.55. The molecule has 0 fully saturated rings. The standard InChI is InChI=1S/C14H18BrF4NO/c1-2-4-20-13(3-5-21-8-14(18)19)9-6-12(17)10(15)7-11(9)16/h6-7,13-14,20H,2-5,8H2,1H3. The summed E-state index contributed by atoms with van der Waals surface area (Å²) in [7, 11) is 0. The Hall–Kier alpha value is -0.660. The van der Waals surface area contributed by atoms with Crippen molar-refractivity contribution in [2.75, 3.05) is 19.8 Å². The summed E-state index contributed by atoms with van der Waals surface area (Å²) >= 11 is 2.92. The molecular weight excluding hydrogens is 354 g/mol. The minimum absolute atomic E-state index is 0.0445. The molecule has 1 atom stereocenters. The van der Waals surface area contributed by atoms with Crippen LogP contribution in [0.2, 0.25) is 0 Å². The van der Waals surface area contributed by atoms with Crippen molar-refractivity contribution in [3.63, 3.8) is 0 Å². The monoisotopic (exact) mass is 371 g/mol. The van der Waals surface area contributed by atoms with Crippen LogP contribution >= 0.6 is 15.9 Å². The first-order valence-corrected chi connectivity index (χ1v) is 7.48. The van der Waals surface area contributed by atoms with Crippen molar-refractivity contribution < 1.29 is 22.3 Å². The summed E-state index contributed by atoms with van der Waals surface area (Å²) in [5, 5.41) is 3.07. The Labute approximate surface area is 130 Å². The van der Waals surface area contributed by atoms with Crippen LogP contribution in [0.25, 0.3) is 0 Å². The Morgan fingerprint density at radius 2 is 1.95 bits per heavy atom. The highest BCUT2D eigenvalue weighted by molar-refractivity contribution is 9.10. The van der Waals surface area contributed by atoms with Gasteiger partial charge in [0.1, 0.15) is 18.2 Å². The summed E-state index contributed by atoms with van der Waals surface area (Å²) in [5.41, 5.74) is 0.171.